The standard InChI is InChI=1S/C38H47N3O10S/c1-19-7-8-23(33(46)34(19)47-6)31-32-38(52-16-26-24-14-28(48-12-11-42)27(45)13-22(24)9-10-39(26)4)30-29(25(15-43)41(32)17-40(31)5)37-36(49-18-50-37)20(2)35(30)51-21(3)44/h7-8,13-14,25-26,31-32,38,42-43,45-46H,9-12,15-18H2,1-6H3. The highest BCUT2D eigenvalue weighted by molar-refractivity contribution is 7.99. The number of methoxy groups -OCH3 is 1. The topological polar surface area (TPSA) is 154 Å². The molecule has 0 radical (unpaired) electrons. The van der Waals surface area contributed by atoms with E-state index >= 15 is 0 Å². The number of rotatable bonds is 10. The van der Waals surface area contributed by atoms with Crippen molar-refractivity contribution in [2.24, 2.45) is 0 Å². The van der Waals surface area contributed by atoms with Crippen LogP contribution < -0.4 is 23.7 Å². The summed E-state index contributed by atoms with van der Waals surface area (Å²) in [5.74, 6) is 2.38. The number of thioether (sulfide) groups is 1. The lowest BCUT2D eigenvalue weighted by atomic mass is 9.81. The highest BCUT2D eigenvalue weighted by Gasteiger charge is 2.55. The number of likely N-dealkylation sites (N-methyl/N-ethyl adjacent to an activating group) is 2. The lowest BCUT2D eigenvalue weighted by Crippen LogP contribution is -2.45. The Hall–Kier alpha value is -3.92. The molecule has 4 N–H and O–H groups in total. The first kappa shape index (κ1) is 36.4. The molecular weight excluding hydrogens is 690 g/mol. The van der Waals surface area contributed by atoms with Crippen molar-refractivity contribution in [1.29, 1.82) is 0 Å². The quantitative estimate of drug-likeness (QED) is 0.174. The molecule has 52 heavy (non-hydrogen) atoms. The van der Waals surface area contributed by atoms with Gasteiger partial charge in [0.1, 0.15) is 12.4 Å². The Morgan fingerprint density at radius 2 is 1.77 bits per heavy atom. The second-order valence-corrected chi connectivity index (χ2v) is 15.1. The van der Waals surface area contributed by atoms with E-state index in [4.69, 9.17) is 23.7 Å². The van der Waals surface area contributed by atoms with Gasteiger partial charge in [-0.25, -0.2) is 0 Å². The zero-order chi connectivity index (χ0) is 37.0. The van der Waals surface area contributed by atoms with Crippen molar-refractivity contribution >= 4 is 17.7 Å². The Morgan fingerprint density at radius 3 is 2.48 bits per heavy atom. The van der Waals surface area contributed by atoms with Crippen LogP contribution in [0.1, 0.15) is 69.2 Å². The van der Waals surface area contributed by atoms with Gasteiger partial charge in [0, 0.05) is 53.6 Å². The first-order chi connectivity index (χ1) is 25.0. The van der Waals surface area contributed by atoms with E-state index in [-0.39, 0.29) is 61.5 Å². The van der Waals surface area contributed by atoms with E-state index in [0.717, 1.165) is 40.8 Å². The maximum Gasteiger partial charge on any atom is 0.308 e. The van der Waals surface area contributed by atoms with Crippen molar-refractivity contribution in [2.45, 2.75) is 56.6 Å². The molecule has 0 aliphatic carbocycles. The fourth-order valence-corrected chi connectivity index (χ4v) is 10.3. The van der Waals surface area contributed by atoms with E-state index in [1.165, 1.54) is 6.92 Å². The number of phenolic OH excluding ortho intramolecular Hbond substituents is 2. The molecule has 1 saturated heterocycles. The summed E-state index contributed by atoms with van der Waals surface area (Å²) in [5.41, 5.74) is 5.68. The molecule has 13 nitrogen and oxygen atoms in total. The summed E-state index contributed by atoms with van der Waals surface area (Å²) in [6, 6.07) is 6.23. The van der Waals surface area contributed by atoms with Gasteiger partial charge in [-0.15, -0.1) is 11.8 Å². The van der Waals surface area contributed by atoms with E-state index in [0.29, 0.717) is 52.3 Å². The molecule has 0 amide bonds. The normalized spacial score (nSPS) is 24.0. The third-order valence-corrected chi connectivity index (χ3v) is 12.3. The number of aliphatic hydroxyl groups is 2. The number of esters is 1. The van der Waals surface area contributed by atoms with Crippen LogP contribution in [-0.2, 0) is 11.2 Å². The molecule has 4 heterocycles. The fourth-order valence-electron chi connectivity index (χ4n) is 8.57. The number of hydrogen-bond acceptors (Lipinski definition) is 14. The predicted octanol–water partition coefficient (Wildman–Crippen LogP) is 4.11. The molecular formula is C38H47N3O10S. The van der Waals surface area contributed by atoms with Crippen molar-refractivity contribution in [3.8, 4) is 40.2 Å². The summed E-state index contributed by atoms with van der Waals surface area (Å²) in [4.78, 5) is 19.5. The minimum absolute atomic E-state index is 0.00225. The van der Waals surface area contributed by atoms with Gasteiger partial charge in [0.2, 0.25) is 6.79 Å². The van der Waals surface area contributed by atoms with Crippen LogP contribution in [0.25, 0.3) is 0 Å². The molecule has 3 aromatic carbocycles. The SMILES string of the molecule is COc1c(C)ccc(C2C3C(SCC4c5cc(OCCO)c(O)cc5CCN4C)c4c(OC(C)=O)c(C)c5c(c4C(CO)N3CN2C)OCO5)c1O. The number of nitrogens with zero attached hydrogens (tertiary/aromatic N) is 3. The molecule has 4 aliphatic rings. The third-order valence-electron chi connectivity index (χ3n) is 10.9. The lowest BCUT2D eigenvalue weighted by molar-refractivity contribution is -0.132. The molecule has 280 valence electrons. The van der Waals surface area contributed by atoms with E-state index in [9.17, 15) is 25.2 Å². The minimum Gasteiger partial charge on any atom is -0.504 e. The monoisotopic (exact) mass is 737 g/mol. The summed E-state index contributed by atoms with van der Waals surface area (Å²) >= 11 is 1.71. The van der Waals surface area contributed by atoms with E-state index in [1.807, 2.05) is 39.1 Å². The second kappa shape index (κ2) is 14.5. The lowest BCUT2D eigenvalue weighted by Gasteiger charge is -2.46. The fraction of sp³-hybridized carbons (Fsp3) is 0.500. The summed E-state index contributed by atoms with van der Waals surface area (Å²) in [6.07, 6.45) is 0.752. The van der Waals surface area contributed by atoms with Gasteiger partial charge in [-0.2, -0.15) is 0 Å². The molecule has 0 saturated carbocycles. The number of aliphatic hydroxyl groups excluding tert-OH is 2. The smallest absolute Gasteiger partial charge is 0.308 e. The average molecular weight is 738 g/mol. The van der Waals surface area contributed by atoms with Crippen molar-refractivity contribution in [3.63, 3.8) is 0 Å². The molecule has 4 aliphatic heterocycles. The molecule has 1 fully saturated rings. The Morgan fingerprint density at radius 1 is 1.00 bits per heavy atom. The van der Waals surface area contributed by atoms with Gasteiger partial charge < -0.3 is 44.1 Å². The summed E-state index contributed by atoms with van der Waals surface area (Å²) in [6.45, 7) is 6.01. The third kappa shape index (κ3) is 5.99. The number of fused-ring (bicyclic) bond motifs is 5. The van der Waals surface area contributed by atoms with Gasteiger partial charge in [-0.1, -0.05) is 12.1 Å². The molecule has 0 spiro atoms. The van der Waals surface area contributed by atoms with Crippen molar-refractivity contribution in [1.82, 2.24) is 14.7 Å². The molecule has 7 rings (SSSR count). The molecule has 0 bridgehead atoms. The van der Waals surface area contributed by atoms with Crippen LogP contribution >= 0.6 is 11.8 Å². The summed E-state index contributed by atoms with van der Waals surface area (Å²) in [7, 11) is 5.62. The van der Waals surface area contributed by atoms with Gasteiger partial charge >= 0.3 is 5.97 Å². The Kier molecular flexibility index (Phi) is 10.1. The Bertz CT molecular complexity index is 1870. The highest BCUT2D eigenvalue weighted by Crippen LogP contribution is 2.62. The first-order valence-electron chi connectivity index (χ1n) is 17.5. The number of carbonyl (C=O) groups excluding carboxylic acids is 1. The van der Waals surface area contributed by atoms with Crippen LogP contribution in [0.4, 0.5) is 0 Å². The second-order valence-electron chi connectivity index (χ2n) is 13.9. The van der Waals surface area contributed by atoms with E-state index < -0.39 is 12.0 Å². The molecule has 5 atom stereocenters. The van der Waals surface area contributed by atoms with E-state index in [1.54, 1.807) is 24.9 Å². The summed E-state index contributed by atoms with van der Waals surface area (Å²) < 4.78 is 29.5. The van der Waals surface area contributed by atoms with Gasteiger partial charge in [0.25, 0.3) is 0 Å². The van der Waals surface area contributed by atoms with Crippen LogP contribution in [-0.4, -0.2) is 114 Å². The van der Waals surface area contributed by atoms with Crippen LogP contribution in [0.3, 0.4) is 0 Å². The number of benzene rings is 3. The predicted molar refractivity (Wildman–Crippen MR) is 194 cm³/mol. The van der Waals surface area contributed by atoms with Crippen molar-refractivity contribution in [2.75, 3.05) is 66.8 Å². The van der Waals surface area contributed by atoms with Crippen molar-refractivity contribution in [3.05, 3.63) is 63.2 Å². The molecule has 3 aromatic rings. The number of aromatic hydroxyl groups is 2. The van der Waals surface area contributed by atoms with Crippen LogP contribution in [0.2, 0.25) is 0 Å². The number of carbonyl (C=O) groups is 1. The largest absolute Gasteiger partial charge is 0.504 e. The van der Waals surface area contributed by atoms with Gasteiger partial charge in [0.15, 0.2) is 34.5 Å². The van der Waals surface area contributed by atoms with Gasteiger partial charge in [-0.3, -0.25) is 19.5 Å². The molecule has 5 unspecified atom stereocenters. The van der Waals surface area contributed by atoms with Crippen molar-refractivity contribution < 1.29 is 48.9 Å². The number of aryl methyl sites for hydroxylation is 1. The molecule has 14 heteroatoms. The number of hydrogen-bond donors (Lipinski definition) is 4. The zero-order valence-corrected chi connectivity index (χ0v) is 31.2. The number of phenols is 2. The minimum atomic E-state index is -0.531. The molecule has 0 aromatic heterocycles. The Balaban J connectivity index is 1.40. The van der Waals surface area contributed by atoms with E-state index in [2.05, 4.69) is 21.7 Å². The highest BCUT2D eigenvalue weighted by atomic mass is 32.2. The van der Waals surface area contributed by atoms with Crippen LogP contribution in [0.5, 0.6) is 40.2 Å². The zero-order valence-electron chi connectivity index (χ0n) is 30.3. The van der Waals surface area contributed by atoms with Crippen LogP contribution in [0, 0.1) is 13.8 Å². The summed E-state index contributed by atoms with van der Waals surface area (Å²) in [5, 5.41) is 42.6. The average Bonchev–Trinajstić information content (AvgIpc) is 3.74. The van der Waals surface area contributed by atoms with Gasteiger partial charge in [0.05, 0.1) is 44.3 Å². The first-order valence-corrected chi connectivity index (χ1v) is 18.5. The maximum absolute atomic E-state index is 12.8. The maximum atomic E-state index is 12.8. The number of ether oxygens (including phenoxy) is 5. The van der Waals surface area contributed by atoms with Gasteiger partial charge in [-0.05, 0) is 63.2 Å². The van der Waals surface area contributed by atoms with Crippen LogP contribution in [0.15, 0.2) is 24.3 Å². The Labute approximate surface area is 307 Å².